The van der Waals surface area contributed by atoms with E-state index >= 15 is 0 Å². The van der Waals surface area contributed by atoms with E-state index in [1.165, 1.54) is 37.2 Å². The van der Waals surface area contributed by atoms with Crippen LogP contribution >= 0.6 is 0 Å². The van der Waals surface area contributed by atoms with Crippen molar-refractivity contribution in [2.45, 2.75) is 25.3 Å². The van der Waals surface area contributed by atoms with E-state index in [2.05, 4.69) is 53.4 Å². The molecule has 3 heteroatoms. The molecule has 2 fully saturated rings. The summed E-state index contributed by atoms with van der Waals surface area (Å²) in [5.41, 5.74) is 3.09. The monoisotopic (exact) mass is 259 g/mol. The molecule has 0 amide bonds. The fraction of sp³-hybridized carbons (Fsp3) is 0.625. The number of piperazine rings is 1. The van der Waals surface area contributed by atoms with Gasteiger partial charge in [-0.3, -0.25) is 0 Å². The quantitative estimate of drug-likeness (QED) is 0.877. The third kappa shape index (κ3) is 2.49. The van der Waals surface area contributed by atoms with Gasteiger partial charge < -0.3 is 15.1 Å². The molecule has 3 nitrogen and oxygen atoms in total. The minimum atomic E-state index is 0.167. The minimum absolute atomic E-state index is 0.167. The Morgan fingerprint density at radius 1 is 1.11 bits per heavy atom. The fourth-order valence-corrected chi connectivity index (χ4v) is 3.39. The third-order valence-electron chi connectivity index (χ3n) is 4.71. The Labute approximate surface area is 116 Å². The largest absolute Gasteiger partial charge is 0.369 e. The van der Waals surface area contributed by atoms with Crippen molar-refractivity contribution in [3.05, 3.63) is 29.8 Å². The molecule has 19 heavy (non-hydrogen) atoms. The van der Waals surface area contributed by atoms with Crippen LogP contribution in [0.5, 0.6) is 0 Å². The van der Waals surface area contributed by atoms with Crippen LogP contribution in [0.25, 0.3) is 0 Å². The molecular weight excluding hydrogens is 234 g/mol. The van der Waals surface area contributed by atoms with Gasteiger partial charge in [-0.2, -0.15) is 0 Å². The van der Waals surface area contributed by atoms with E-state index in [9.17, 15) is 0 Å². The van der Waals surface area contributed by atoms with Crippen LogP contribution in [0.2, 0.25) is 0 Å². The van der Waals surface area contributed by atoms with Crippen molar-refractivity contribution in [2.24, 2.45) is 0 Å². The van der Waals surface area contributed by atoms with Gasteiger partial charge >= 0.3 is 0 Å². The van der Waals surface area contributed by atoms with Gasteiger partial charge in [0.1, 0.15) is 0 Å². The van der Waals surface area contributed by atoms with E-state index in [1.54, 1.807) is 0 Å². The van der Waals surface area contributed by atoms with Crippen LogP contribution in [0.15, 0.2) is 24.3 Å². The SMILES string of the molecule is CN1CCN(c2ccccc2C2(C)CCCN2)CC1. The number of likely N-dealkylation sites (N-methyl/N-ethyl adjacent to an activating group) is 1. The van der Waals surface area contributed by atoms with Crippen LogP contribution in [0.1, 0.15) is 25.3 Å². The number of nitrogens with one attached hydrogen (secondary N) is 1. The van der Waals surface area contributed by atoms with E-state index in [-0.39, 0.29) is 5.54 Å². The van der Waals surface area contributed by atoms with E-state index in [0.29, 0.717) is 0 Å². The summed E-state index contributed by atoms with van der Waals surface area (Å²) in [5.74, 6) is 0. The summed E-state index contributed by atoms with van der Waals surface area (Å²) < 4.78 is 0. The smallest absolute Gasteiger partial charge is 0.0427 e. The maximum Gasteiger partial charge on any atom is 0.0427 e. The Balaban J connectivity index is 1.89. The minimum Gasteiger partial charge on any atom is -0.369 e. The summed E-state index contributed by atoms with van der Waals surface area (Å²) in [7, 11) is 2.21. The molecule has 1 aromatic rings. The number of nitrogens with zero attached hydrogens (tertiary/aromatic N) is 2. The van der Waals surface area contributed by atoms with E-state index in [1.807, 2.05) is 0 Å². The maximum absolute atomic E-state index is 3.70. The third-order valence-corrected chi connectivity index (χ3v) is 4.71. The van der Waals surface area contributed by atoms with Gasteiger partial charge in [-0.15, -0.1) is 0 Å². The van der Waals surface area contributed by atoms with E-state index in [0.717, 1.165) is 19.6 Å². The Hall–Kier alpha value is -1.06. The summed E-state index contributed by atoms with van der Waals surface area (Å²) in [4.78, 5) is 4.97. The van der Waals surface area contributed by atoms with Gasteiger partial charge in [0.25, 0.3) is 0 Å². The summed E-state index contributed by atoms with van der Waals surface area (Å²) in [6.07, 6.45) is 2.53. The number of hydrogen-bond donors (Lipinski definition) is 1. The molecule has 0 bridgehead atoms. The molecule has 0 saturated carbocycles. The van der Waals surface area contributed by atoms with Crippen LogP contribution in [-0.4, -0.2) is 44.7 Å². The number of para-hydroxylation sites is 1. The van der Waals surface area contributed by atoms with Crippen LogP contribution < -0.4 is 10.2 Å². The second-order valence-corrected chi connectivity index (χ2v) is 6.17. The zero-order valence-corrected chi connectivity index (χ0v) is 12.2. The second-order valence-electron chi connectivity index (χ2n) is 6.17. The normalized spacial score (nSPS) is 28.8. The topological polar surface area (TPSA) is 18.5 Å². The Morgan fingerprint density at radius 2 is 1.84 bits per heavy atom. The standard InChI is InChI=1S/C16H25N3/c1-16(8-5-9-17-16)14-6-3-4-7-15(14)19-12-10-18(2)11-13-19/h3-4,6-7,17H,5,8-13H2,1-2H3. The predicted molar refractivity (Wildman–Crippen MR) is 80.7 cm³/mol. The van der Waals surface area contributed by atoms with Crippen molar-refractivity contribution >= 4 is 5.69 Å². The maximum atomic E-state index is 3.70. The van der Waals surface area contributed by atoms with Crippen molar-refractivity contribution in [3.63, 3.8) is 0 Å². The van der Waals surface area contributed by atoms with Gasteiger partial charge in [0, 0.05) is 37.4 Å². The first-order valence-corrected chi connectivity index (χ1v) is 7.47. The van der Waals surface area contributed by atoms with Gasteiger partial charge in [0.05, 0.1) is 0 Å². The van der Waals surface area contributed by atoms with Gasteiger partial charge in [-0.05, 0) is 45.0 Å². The molecule has 0 radical (unpaired) electrons. The van der Waals surface area contributed by atoms with Crippen LogP contribution in [0.3, 0.4) is 0 Å². The summed E-state index contributed by atoms with van der Waals surface area (Å²) in [5, 5.41) is 3.70. The molecular formula is C16H25N3. The highest BCUT2D eigenvalue weighted by Crippen LogP contribution is 2.36. The van der Waals surface area contributed by atoms with Crippen molar-refractivity contribution in [2.75, 3.05) is 44.7 Å². The molecule has 0 aromatic heterocycles. The number of benzene rings is 1. The zero-order chi connectivity index (χ0) is 13.3. The molecule has 2 heterocycles. The van der Waals surface area contributed by atoms with Crippen LogP contribution in [0, 0.1) is 0 Å². The Morgan fingerprint density at radius 3 is 2.53 bits per heavy atom. The molecule has 2 saturated heterocycles. The van der Waals surface area contributed by atoms with Crippen molar-refractivity contribution in [1.82, 2.24) is 10.2 Å². The predicted octanol–water partition coefficient (Wildman–Crippen LogP) is 2.04. The summed E-state index contributed by atoms with van der Waals surface area (Å²) in [6.45, 7) is 8.12. The molecule has 1 aromatic carbocycles. The van der Waals surface area contributed by atoms with Crippen molar-refractivity contribution in [3.8, 4) is 0 Å². The highest BCUT2D eigenvalue weighted by Gasteiger charge is 2.33. The first kappa shape index (κ1) is 12.9. The molecule has 104 valence electrons. The second kappa shape index (κ2) is 5.14. The summed E-state index contributed by atoms with van der Waals surface area (Å²) in [6, 6.07) is 8.97. The highest BCUT2D eigenvalue weighted by atomic mass is 15.2. The number of hydrogen-bond acceptors (Lipinski definition) is 3. The first-order valence-electron chi connectivity index (χ1n) is 7.47. The first-order chi connectivity index (χ1) is 9.19. The van der Waals surface area contributed by atoms with Gasteiger partial charge in [0.15, 0.2) is 0 Å². The molecule has 3 rings (SSSR count). The Kier molecular flexibility index (Phi) is 3.50. The average Bonchev–Trinajstić information content (AvgIpc) is 2.88. The number of anilines is 1. The van der Waals surface area contributed by atoms with Gasteiger partial charge in [0.2, 0.25) is 0 Å². The van der Waals surface area contributed by atoms with Crippen molar-refractivity contribution < 1.29 is 0 Å². The lowest BCUT2D eigenvalue weighted by Crippen LogP contribution is -2.46. The summed E-state index contributed by atoms with van der Waals surface area (Å²) >= 11 is 0. The lowest BCUT2D eigenvalue weighted by Gasteiger charge is -2.38. The lowest BCUT2D eigenvalue weighted by molar-refractivity contribution is 0.311. The number of rotatable bonds is 2. The molecule has 2 aliphatic rings. The van der Waals surface area contributed by atoms with Crippen molar-refractivity contribution in [1.29, 1.82) is 0 Å². The van der Waals surface area contributed by atoms with E-state index < -0.39 is 0 Å². The van der Waals surface area contributed by atoms with E-state index in [4.69, 9.17) is 0 Å². The Bertz CT molecular complexity index is 429. The molecule has 2 aliphatic heterocycles. The van der Waals surface area contributed by atoms with Crippen LogP contribution in [-0.2, 0) is 5.54 Å². The molecule has 0 spiro atoms. The van der Waals surface area contributed by atoms with Gasteiger partial charge in [-0.25, -0.2) is 0 Å². The highest BCUT2D eigenvalue weighted by molar-refractivity contribution is 5.57. The van der Waals surface area contributed by atoms with Gasteiger partial charge in [-0.1, -0.05) is 18.2 Å². The lowest BCUT2D eigenvalue weighted by atomic mass is 9.88. The fourth-order valence-electron chi connectivity index (χ4n) is 3.39. The zero-order valence-electron chi connectivity index (χ0n) is 12.2. The molecule has 1 N–H and O–H groups in total. The van der Waals surface area contributed by atoms with Crippen LogP contribution in [0.4, 0.5) is 5.69 Å². The molecule has 1 unspecified atom stereocenters. The average molecular weight is 259 g/mol. The molecule has 1 atom stereocenters. The molecule has 0 aliphatic carbocycles.